The summed E-state index contributed by atoms with van der Waals surface area (Å²) < 4.78 is 0. The molecule has 3 nitrogen and oxygen atoms in total. The first-order valence-corrected chi connectivity index (χ1v) is 1.01. The number of carbonyl (C=O) groups is 1. The number of hydrogen-bond donors (Lipinski definition) is 0. The topological polar surface area (TPSA) is 41.8 Å². The third-order valence-electron chi connectivity index (χ3n) is 0.129. The minimum absolute atomic E-state index is 0.326. The summed E-state index contributed by atoms with van der Waals surface area (Å²) >= 11 is 0. The Balaban J connectivity index is 2.92. The molecule has 1 radical (unpaired) electrons. The Morgan fingerprint density at radius 2 is 2.40 bits per heavy atom. The van der Waals surface area contributed by atoms with Gasteiger partial charge in [0, 0.05) is 0 Å². The lowest BCUT2D eigenvalue weighted by Crippen LogP contribution is -1.49. The average Bonchev–Trinajstić information content (AvgIpc) is 1.41. The van der Waals surface area contributed by atoms with Gasteiger partial charge in [-0.15, -0.1) is 5.11 Å². The summed E-state index contributed by atoms with van der Waals surface area (Å²) in [6.07, 6.45) is 0.326. The minimum atomic E-state index is 0.326. The predicted octanol–water partition coefficient (Wildman–Crippen LogP) is 0.387. The highest BCUT2D eigenvalue weighted by Crippen LogP contribution is 1.56. The monoisotopic (exact) mass is 71.0 g/mol. The van der Waals surface area contributed by atoms with Gasteiger partial charge in [0.25, 0.3) is 6.41 Å². The summed E-state index contributed by atoms with van der Waals surface area (Å²) in [4.78, 5) is 9.10. The van der Waals surface area contributed by atoms with Gasteiger partial charge in [0.1, 0.15) is 0 Å². The molecule has 27 valence electrons. The lowest BCUT2D eigenvalue weighted by molar-refractivity contribution is -0.107. The van der Waals surface area contributed by atoms with Crippen molar-refractivity contribution in [3.63, 3.8) is 0 Å². The number of hydrogen-bond acceptors (Lipinski definition) is 2. The maximum Gasteiger partial charge on any atom is 0.252 e. The normalized spacial score (nSPS) is 9.00. The summed E-state index contributed by atoms with van der Waals surface area (Å²) in [6, 6.07) is 0. The van der Waals surface area contributed by atoms with Crippen LogP contribution in [0.2, 0.25) is 0 Å². The fraction of sp³-hybridized carbons (Fsp3) is 0. The van der Waals surface area contributed by atoms with E-state index >= 15 is 0 Å². The molecule has 0 bridgehead atoms. The van der Waals surface area contributed by atoms with Crippen molar-refractivity contribution in [3.05, 3.63) is 7.05 Å². The molecular formula is C2H3N2O. The standard InChI is InChI=1S/C2H3N2O/c1-3-4-2-5/h2H,1H2. The van der Waals surface area contributed by atoms with Crippen molar-refractivity contribution < 1.29 is 4.79 Å². The van der Waals surface area contributed by atoms with Crippen molar-refractivity contribution in [1.82, 2.24) is 0 Å². The zero-order valence-electron chi connectivity index (χ0n) is 2.59. The highest BCUT2D eigenvalue weighted by Gasteiger charge is 1.48. The quantitative estimate of drug-likeness (QED) is 0.325. The Bertz CT molecular complexity index is 49.6. The third-order valence-corrected chi connectivity index (χ3v) is 0.129. The second kappa shape index (κ2) is 3.27. The van der Waals surface area contributed by atoms with E-state index in [2.05, 4.69) is 17.3 Å². The zero-order chi connectivity index (χ0) is 4.12. The molecule has 0 aliphatic carbocycles. The molecule has 0 fully saturated rings. The average molecular weight is 71.1 g/mol. The molecule has 0 heterocycles. The van der Waals surface area contributed by atoms with Crippen LogP contribution in [0, 0.1) is 7.05 Å². The predicted molar refractivity (Wildman–Crippen MR) is 16.3 cm³/mol. The molecule has 0 unspecified atom stereocenters. The van der Waals surface area contributed by atoms with Crippen LogP contribution in [0.4, 0.5) is 0 Å². The first-order chi connectivity index (χ1) is 2.41. The molecule has 0 aromatic rings. The summed E-state index contributed by atoms with van der Waals surface area (Å²) in [7, 11) is 2.90. The van der Waals surface area contributed by atoms with Crippen LogP contribution < -0.4 is 0 Å². The molecule has 0 aliphatic rings. The van der Waals surface area contributed by atoms with Crippen LogP contribution in [0.25, 0.3) is 0 Å². The second-order valence-electron chi connectivity index (χ2n) is 0.362. The van der Waals surface area contributed by atoms with Gasteiger partial charge in [-0.2, -0.15) is 5.11 Å². The van der Waals surface area contributed by atoms with E-state index in [9.17, 15) is 0 Å². The summed E-state index contributed by atoms with van der Waals surface area (Å²) in [6.45, 7) is 0. The maximum atomic E-state index is 9.10. The first-order valence-electron chi connectivity index (χ1n) is 1.01. The van der Waals surface area contributed by atoms with Crippen molar-refractivity contribution in [2.75, 3.05) is 0 Å². The van der Waals surface area contributed by atoms with E-state index in [0.717, 1.165) is 0 Å². The molecule has 0 aliphatic heterocycles. The van der Waals surface area contributed by atoms with Crippen LogP contribution in [0.1, 0.15) is 0 Å². The molecule has 0 N–H and O–H groups in total. The van der Waals surface area contributed by atoms with Crippen LogP contribution in [0.5, 0.6) is 0 Å². The van der Waals surface area contributed by atoms with Gasteiger partial charge < -0.3 is 0 Å². The molecule has 0 saturated heterocycles. The molecule has 0 saturated carbocycles. The second-order valence-corrected chi connectivity index (χ2v) is 0.362. The van der Waals surface area contributed by atoms with Crippen LogP contribution in [-0.2, 0) is 4.79 Å². The van der Waals surface area contributed by atoms with E-state index in [0.29, 0.717) is 6.41 Å². The van der Waals surface area contributed by atoms with Gasteiger partial charge in [0.05, 0.1) is 7.05 Å². The summed E-state index contributed by atoms with van der Waals surface area (Å²) in [5.41, 5.74) is 0. The smallest absolute Gasteiger partial charge is 0.252 e. The van der Waals surface area contributed by atoms with Crippen LogP contribution in [0.3, 0.4) is 0 Å². The molecule has 0 aromatic carbocycles. The summed E-state index contributed by atoms with van der Waals surface area (Å²) in [5.74, 6) is 0. The maximum absolute atomic E-state index is 9.10. The van der Waals surface area contributed by atoms with Gasteiger partial charge in [-0.05, 0) is 0 Å². The van der Waals surface area contributed by atoms with Crippen LogP contribution in [-0.4, -0.2) is 6.41 Å². The van der Waals surface area contributed by atoms with E-state index in [1.54, 1.807) is 0 Å². The SMILES string of the molecule is [CH2]N=NC=O. The van der Waals surface area contributed by atoms with Gasteiger partial charge in [-0.1, -0.05) is 0 Å². The summed E-state index contributed by atoms with van der Waals surface area (Å²) in [5, 5.41) is 5.67. The van der Waals surface area contributed by atoms with Gasteiger partial charge in [0.2, 0.25) is 0 Å². The number of nitrogens with zero attached hydrogens (tertiary/aromatic N) is 2. The number of azo groups is 1. The fourth-order valence-corrected chi connectivity index (χ4v) is 0.0333. The van der Waals surface area contributed by atoms with E-state index in [4.69, 9.17) is 4.79 Å². The first kappa shape index (κ1) is 4.27. The van der Waals surface area contributed by atoms with Crippen molar-refractivity contribution in [1.29, 1.82) is 0 Å². The number of carbonyl (C=O) groups excluding carboxylic acids is 1. The lowest BCUT2D eigenvalue weighted by Gasteiger charge is -1.53. The van der Waals surface area contributed by atoms with Crippen molar-refractivity contribution in [3.8, 4) is 0 Å². The molecule has 5 heavy (non-hydrogen) atoms. The lowest BCUT2D eigenvalue weighted by atomic mass is 11.4. The van der Waals surface area contributed by atoms with Crippen molar-refractivity contribution in [2.24, 2.45) is 10.2 Å². The molecule has 0 atom stereocenters. The Kier molecular flexibility index (Phi) is 2.79. The molecule has 1 amide bonds. The van der Waals surface area contributed by atoms with Gasteiger partial charge in [-0.25, -0.2) is 0 Å². The molecule has 3 heteroatoms. The van der Waals surface area contributed by atoms with Crippen molar-refractivity contribution >= 4 is 6.41 Å². The minimum Gasteiger partial charge on any atom is -0.275 e. The molecule has 0 aromatic heterocycles. The Hall–Kier alpha value is -0.730. The van der Waals surface area contributed by atoms with Crippen LogP contribution >= 0.6 is 0 Å². The largest absolute Gasteiger partial charge is 0.275 e. The molecular weight excluding hydrogens is 68.0 g/mol. The number of rotatable bonds is 1. The van der Waals surface area contributed by atoms with E-state index in [1.165, 1.54) is 0 Å². The highest BCUT2D eigenvalue weighted by atomic mass is 16.1. The highest BCUT2D eigenvalue weighted by molar-refractivity contribution is 5.45. The van der Waals surface area contributed by atoms with Crippen LogP contribution in [0.15, 0.2) is 10.2 Å². The number of amides is 1. The van der Waals surface area contributed by atoms with Crippen molar-refractivity contribution in [2.45, 2.75) is 0 Å². The van der Waals surface area contributed by atoms with Gasteiger partial charge in [-0.3, -0.25) is 4.79 Å². The van der Waals surface area contributed by atoms with E-state index < -0.39 is 0 Å². The molecule has 0 spiro atoms. The third kappa shape index (κ3) is 3.27. The Labute approximate surface area is 29.7 Å². The molecule has 0 rings (SSSR count). The fourth-order valence-electron chi connectivity index (χ4n) is 0.0333. The zero-order valence-corrected chi connectivity index (χ0v) is 2.59. The Morgan fingerprint density at radius 3 is 2.40 bits per heavy atom. The van der Waals surface area contributed by atoms with Gasteiger partial charge in [0.15, 0.2) is 0 Å². The Morgan fingerprint density at radius 1 is 1.80 bits per heavy atom. The van der Waals surface area contributed by atoms with Gasteiger partial charge >= 0.3 is 0 Å². The van der Waals surface area contributed by atoms with E-state index in [1.807, 2.05) is 0 Å². The van der Waals surface area contributed by atoms with E-state index in [-0.39, 0.29) is 0 Å².